The topological polar surface area (TPSA) is 50.3 Å². The van der Waals surface area contributed by atoms with Crippen LogP contribution in [-0.4, -0.2) is 41.2 Å². The molecule has 1 aliphatic heterocycles. The Hall–Kier alpha value is -1.98. The van der Waals surface area contributed by atoms with Gasteiger partial charge in [-0.2, -0.15) is 0 Å². The Bertz CT molecular complexity index is 555. The van der Waals surface area contributed by atoms with E-state index in [4.69, 9.17) is 4.74 Å². The molecule has 110 valence electrons. The summed E-state index contributed by atoms with van der Waals surface area (Å²) in [6.45, 7) is 5.38. The molecule has 1 saturated heterocycles. The molecule has 0 aliphatic carbocycles. The Morgan fingerprint density at radius 3 is 2.48 bits per heavy atom. The number of ether oxygens (including phenoxy) is 1. The Morgan fingerprint density at radius 1 is 1.00 bits per heavy atom. The number of morpholine rings is 1. The first-order chi connectivity index (χ1) is 10.4. The van der Waals surface area contributed by atoms with Gasteiger partial charge in [-0.15, -0.1) is 0 Å². The quantitative estimate of drug-likeness (QED) is 0.909. The standard InChI is InChI=1S/C16H20N4O/c1-2-5-15(13-20-8-10-21-11-9-20)14(4-1)12-19-16-17-6-3-7-18-16/h1-7H,8-13H2,(H,17,18,19). The molecule has 1 aliphatic rings. The van der Waals surface area contributed by atoms with Crippen molar-refractivity contribution in [2.24, 2.45) is 0 Å². The molecule has 3 rings (SSSR count). The van der Waals surface area contributed by atoms with Crippen molar-refractivity contribution in [3.8, 4) is 0 Å². The van der Waals surface area contributed by atoms with E-state index in [0.717, 1.165) is 39.4 Å². The molecule has 0 unspecified atom stereocenters. The summed E-state index contributed by atoms with van der Waals surface area (Å²) in [5, 5.41) is 3.27. The normalized spacial score (nSPS) is 15.8. The highest BCUT2D eigenvalue weighted by atomic mass is 16.5. The van der Waals surface area contributed by atoms with E-state index in [2.05, 4.69) is 44.5 Å². The van der Waals surface area contributed by atoms with E-state index >= 15 is 0 Å². The van der Waals surface area contributed by atoms with Gasteiger partial charge in [0, 0.05) is 38.6 Å². The lowest BCUT2D eigenvalue weighted by Gasteiger charge is -2.27. The van der Waals surface area contributed by atoms with Gasteiger partial charge in [-0.25, -0.2) is 9.97 Å². The van der Waals surface area contributed by atoms with Crippen LogP contribution in [0.2, 0.25) is 0 Å². The van der Waals surface area contributed by atoms with Crippen LogP contribution in [0.5, 0.6) is 0 Å². The van der Waals surface area contributed by atoms with Crippen LogP contribution in [0, 0.1) is 0 Å². The molecule has 0 amide bonds. The van der Waals surface area contributed by atoms with Crippen molar-refractivity contribution in [3.05, 3.63) is 53.9 Å². The lowest BCUT2D eigenvalue weighted by atomic mass is 10.1. The maximum atomic E-state index is 5.40. The van der Waals surface area contributed by atoms with E-state index in [-0.39, 0.29) is 0 Å². The lowest BCUT2D eigenvalue weighted by Crippen LogP contribution is -2.35. The van der Waals surface area contributed by atoms with Gasteiger partial charge in [0.15, 0.2) is 0 Å². The highest BCUT2D eigenvalue weighted by Crippen LogP contribution is 2.14. The smallest absolute Gasteiger partial charge is 0.222 e. The zero-order chi connectivity index (χ0) is 14.3. The molecule has 21 heavy (non-hydrogen) atoms. The van der Waals surface area contributed by atoms with E-state index in [0.29, 0.717) is 5.95 Å². The number of benzene rings is 1. The van der Waals surface area contributed by atoms with E-state index < -0.39 is 0 Å². The summed E-state index contributed by atoms with van der Waals surface area (Å²) in [6, 6.07) is 10.3. The molecule has 1 N–H and O–H groups in total. The number of hydrogen-bond acceptors (Lipinski definition) is 5. The summed E-state index contributed by atoms with van der Waals surface area (Å²) >= 11 is 0. The monoisotopic (exact) mass is 284 g/mol. The minimum absolute atomic E-state index is 0.665. The molecule has 0 saturated carbocycles. The average Bonchev–Trinajstić information content (AvgIpc) is 2.56. The van der Waals surface area contributed by atoms with E-state index in [1.807, 2.05) is 6.07 Å². The summed E-state index contributed by atoms with van der Waals surface area (Å²) in [4.78, 5) is 10.8. The van der Waals surface area contributed by atoms with Gasteiger partial charge < -0.3 is 10.1 Å². The first-order valence-electron chi connectivity index (χ1n) is 7.29. The maximum absolute atomic E-state index is 5.40. The second kappa shape index (κ2) is 7.15. The van der Waals surface area contributed by atoms with E-state index in [9.17, 15) is 0 Å². The minimum atomic E-state index is 0.665. The van der Waals surface area contributed by atoms with Crippen LogP contribution in [0.25, 0.3) is 0 Å². The summed E-state index contributed by atoms with van der Waals surface area (Å²) < 4.78 is 5.40. The van der Waals surface area contributed by atoms with Crippen LogP contribution in [0.4, 0.5) is 5.95 Å². The molecule has 0 radical (unpaired) electrons. The van der Waals surface area contributed by atoms with Crippen LogP contribution >= 0.6 is 0 Å². The fraction of sp³-hybridized carbons (Fsp3) is 0.375. The Balaban J connectivity index is 1.64. The fourth-order valence-corrected chi connectivity index (χ4v) is 2.45. The summed E-state index contributed by atoms with van der Waals surface area (Å²) in [5.41, 5.74) is 2.64. The number of rotatable bonds is 5. The predicted octanol–water partition coefficient (Wildman–Crippen LogP) is 1.92. The van der Waals surface area contributed by atoms with Crippen molar-refractivity contribution in [2.75, 3.05) is 31.6 Å². The molecular weight excluding hydrogens is 264 g/mol. The Labute approximate surface area is 125 Å². The third kappa shape index (κ3) is 4.00. The Kier molecular flexibility index (Phi) is 4.76. The third-order valence-electron chi connectivity index (χ3n) is 3.62. The second-order valence-corrected chi connectivity index (χ2v) is 5.08. The number of nitrogens with one attached hydrogen (secondary N) is 1. The van der Waals surface area contributed by atoms with Crippen molar-refractivity contribution < 1.29 is 4.74 Å². The van der Waals surface area contributed by atoms with Crippen LogP contribution < -0.4 is 5.32 Å². The summed E-state index contributed by atoms with van der Waals surface area (Å²) in [5.74, 6) is 0.665. The van der Waals surface area contributed by atoms with Crippen LogP contribution in [0.3, 0.4) is 0 Å². The van der Waals surface area contributed by atoms with Gasteiger partial charge >= 0.3 is 0 Å². The molecule has 1 aromatic heterocycles. The van der Waals surface area contributed by atoms with Gasteiger partial charge in [-0.05, 0) is 17.2 Å². The molecule has 5 nitrogen and oxygen atoms in total. The molecule has 2 aromatic rings. The van der Waals surface area contributed by atoms with Gasteiger partial charge in [-0.1, -0.05) is 24.3 Å². The fourth-order valence-electron chi connectivity index (χ4n) is 2.45. The van der Waals surface area contributed by atoms with Gasteiger partial charge in [0.1, 0.15) is 0 Å². The molecular formula is C16H20N4O. The molecule has 0 bridgehead atoms. The van der Waals surface area contributed by atoms with Crippen molar-refractivity contribution in [1.29, 1.82) is 0 Å². The molecule has 0 spiro atoms. The van der Waals surface area contributed by atoms with Crippen molar-refractivity contribution in [2.45, 2.75) is 13.1 Å². The Morgan fingerprint density at radius 2 is 1.71 bits per heavy atom. The highest BCUT2D eigenvalue weighted by molar-refractivity contribution is 5.32. The number of aromatic nitrogens is 2. The third-order valence-corrected chi connectivity index (χ3v) is 3.62. The minimum Gasteiger partial charge on any atom is -0.379 e. The first kappa shape index (κ1) is 14.0. The van der Waals surface area contributed by atoms with E-state index in [1.165, 1.54) is 11.1 Å². The van der Waals surface area contributed by atoms with Crippen LogP contribution in [-0.2, 0) is 17.8 Å². The summed E-state index contributed by atoms with van der Waals surface area (Å²) in [7, 11) is 0. The largest absolute Gasteiger partial charge is 0.379 e. The average molecular weight is 284 g/mol. The molecule has 2 heterocycles. The number of anilines is 1. The molecule has 5 heteroatoms. The van der Waals surface area contributed by atoms with Gasteiger partial charge in [0.2, 0.25) is 5.95 Å². The lowest BCUT2D eigenvalue weighted by molar-refractivity contribution is 0.0341. The molecule has 1 fully saturated rings. The van der Waals surface area contributed by atoms with E-state index in [1.54, 1.807) is 12.4 Å². The van der Waals surface area contributed by atoms with Crippen molar-refractivity contribution in [3.63, 3.8) is 0 Å². The van der Waals surface area contributed by atoms with Gasteiger partial charge in [0.25, 0.3) is 0 Å². The molecule has 0 atom stereocenters. The van der Waals surface area contributed by atoms with Gasteiger partial charge in [0.05, 0.1) is 13.2 Å². The zero-order valence-electron chi connectivity index (χ0n) is 12.0. The summed E-state index contributed by atoms with van der Waals surface area (Å²) in [6.07, 6.45) is 3.49. The molecule has 1 aromatic carbocycles. The maximum Gasteiger partial charge on any atom is 0.222 e. The second-order valence-electron chi connectivity index (χ2n) is 5.08. The van der Waals surface area contributed by atoms with Crippen molar-refractivity contribution in [1.82, 2.24) is 14.9 Å². The SMILES string of the molecule is c1cnc(NCc2ccccc2CN2CCOCC2)nc1. The van der Waals surface area contributed by atoms with Gasteiger partial charge in [-0.3, -0.25) is 4.90 Å². The highest BCUT2D eigenvalue weighted by Gasteiger charge is 2.12. The van der Waals surface area contributed by atoms with Crippen LogP contribution in [0.1, 0.15) is 11.1 Å². The first-order valence-corrected chi connectivity index (χ1v) is 7.29. The number of nitrogens with zero attached hydrogens (tertiary/aromatic N) is 3. The number of hydrogen-bond donors (Lipinski definition) is 1. The zero-order valence-corrected chi connectivity index (χ0v) is 12.0. The van der Waals surface area contributed by atoms with Crippen molar-refractivity contribution >= 4 is 5.95 Å². The predicted molar refractivity (Wildman–Crippen MR) is 81.9 cm³/mol. The van der Waals surface area contributed by atoms with Crippen LogP contribution in [0.15, 0.2) is 42.7 Å².